The van der Waals surface area contributed by atoms with Crippen molar-refractivity contribution in [3.63, 3.8) is 0 Å². The third-order valence-electron chi connectivity index (χ3n) is 9.04. The van der Waals surface area contributed by atoms with Gasteiger partial charge in [-0.1, -0.05) is 61.3 Å². The molecule has 0 radical (unpaired) electrons. The summed E-state index contributed by atoms with van der Waals surface area (Å²) in [6, 6.07) is 16.2. The number of nitrogens with one attached hydrogen (secondary N) is 1. The van der Waals surface area contributed by atoms with Gasteiger partial charge in [0.15, 0.2) is 0 Å². The second-order valence-corrected chi connectivity index (χ2v) is 12.8. The molecule has 210 valence electrons. The predicted molar refractivity (Wildman–Crippen MR) is 158 cm³/mol. The molecule has 3 aliphatic rings. The number of hydrogen-bond acceptors (Lipinski definition) is 4. The van der Waals surface area contributed by atoms with Crippen LogP contribution in [0, 0.1) is 5.92 Å². The van der Waals surface area contributed by atoms with Crippen molar-refractivity contribution < 1.29 is 9.59 Å². The number of amides is 2. The van der Waals surface area contributed by atoms with Crippen molar-refractivity contribution >= 4 is 40.7 Å². The Morgan fingerprint density at radius 3 is 2.44 bits per heavy atom. The molecule has 2 amide bonds. The van der Waals surface area contributed by atoms with E-state index in [1.807, 2.05) is 35.2 Å². The molecule has 1 N–H and O–H groups in total. The molecule has 5 rings (SSSR count). The smallest absolute Gasteiger partial charge is 0.247 e. The second kappa shape index (κ2) is 11.7. The van der Waals surface area contributed by atoms with Gasteiger partial charge in [0.1, 0.15) is 5.54 Å². The van der Waals surface area contributed by atoms with Crippen molar-refractivity contribution in [2.75, 3.05) is 44.3 Å². The summed E-state index contributed by atoms with van der Waals surface area (Å²) in [6.07, 6.45) is 5.17. The zero-order chi connectivity index (χ0) is 27.6. The molecule has 0 saturated carbocycles. The average Bonchev–Trinajstić information content (AvgIpc) is 3.50. The summed E-state index contributed by atoms with van der Waals surface area (Å²) in [5.74, 6) is 0.743. The Labute approximate surface area is 242 Å². The highest BCUT2D eigenvalue weighted by Crippen LogP contribution is 2.42. The standard InChI is InChI=1S/C31H40Cl2N4O2/c1-23(2)19-28(38)36-18-12-30(21-36,24-9-10-26(32)27(33)20-24)11-6-15-35-16-13-31(14-17-35)29(39)34-22-37(31)25-7-4-3-5-8-25/h3-5,7-10,20,23H,6,11-19,21-22H2,1-2H3,(H,34,39). The topological polar surface area (TPSA) is 55.9 Å². The molecule has 3 aliphatic heterocycles. The van der Waals surface area contributed by atoms with Gasteiger partial charge in [-0.25, -0.2) is 0 Å². The van der Waals surface area contributed by atoms with Crippen molar-refractivity contribution in [1.29, 1.82) is 0 Å². The van der Waals surface area contributed by atoms with Crippen LogP contribution in [0.4, 0.5) is 5.69 Å². The van der Waals surface area contributed by atoms with E-state index in [4.69, 9.17) is 23.2 Å². The summed E-state index contributed by atoms with van der Waals surface area (Å²) < 4.78 is 0. The van der Waals surface area contributed by atoms with Crippen molar-refractivity contribution in [3.05, 3.63) is 64.1 Å². The number of carbonyl (C=O) groups is 2. The van der Waals surface area contributed by atoms with E-state index in [-0.39, 0.29) is 17.2 Å². The van der Waals surface area contributed by atoms with E-state index in [0.717, 1.165) is 70.5 Å². The summed E-state index contributed by atoms with van der Waals surface area (Å²) >= 11 is 12.7. The van der Waals surface area contributed by atoms with Gasteiger partial charge in [-0.3, -0.25) is 9.59 Å². The summed E-state index contributed by atoms with van der Waals surface area (Å²) in [6.45, 7) is 9.04. The van der Waals surface area contributed by atoms with Gasteiger partial charge in [0, 0.05) is 43.7 Å². The van der Waals surface area contributed by atoms with E-state index in [9.17, 15) is 9.59 Å². The van der Waals surface area contributed by atoms with Gasteiger partial charge in [-0.15, -0.1) is 0 Å². The number of likely N-dealkylation sites (tertiary alicyclic amines) is 2. The monoisotopic (exact) mass is 570 g/mol. The van der Waals surface area contributed by atoms with Gasteiger partial charge in [0.2, 0.25) is 11.8 Å². The number of nitrogens with zero attached hydrogens (tertiary/aromatic N) is 3. The maximum atomic E-state index is 13.0. The highest BCUT2D eigenvalue weighted by atomic mass is 35.5. The van der Waals surface area contributed by atoms with E-state index in [2.05, 4.69) is 47.2 Å². The van der Waals surface area contributed by atoms with Crippen LogP contribution >= 0.6 is 23.2 Å². The number of rotatable bonds is 8. The second-order valence-electron chi connectivity index (χ2n) is 12.0. The molecule has 1 spiro atoms. The lowest BCUT2D eigenvalue weighted by molar-refractivity contribution is -0.131. The fourth-order valence-corrected chi connectivity index (χ4v) is 7.09. The third-order valence-corrected chi connectivity index (χ3v) is 9.78. The Bertz CT molecular complexity index is 1180. The Morgan fingerprint density at radius 2 is 1.74 bits per heavy atom. The largest absolute Gasteiger partial charge is 0.342 e. The molecule has 3 fully saturated rings. The van der Waals surface area contributed by atoms with Gasteiger partial charge in [-0.2, -0.15) is 0 Å². The molecule has 1 atom stereocenters. The van der Waals surface area contributed by atoms with Crippen LogP contribution in [-0.4, -0.2) is 66.5 Å². The highest BCUT2D eigenvalue weighted by Gasteiger charge is 2.50. The lowest BCUT2D eigenvalue weighted by Gasteiger charge is -2.43. The Kier molecular flexibility index (Phi) is 8.46. The number of anilines is 1. The molecule has 8 heteroatoms. The summed E-state index contributed by atoms with van der Waals surface area (Å²) in [5.41, 5.74) is 1.70. The molecule has 0 aromatic heterocycles. The first-order valence-corrected chi connectivity index (χ1v) is 15.0. The van der Waals surface area contributed by atoms with Gasteiger partial charge in [0.05, 0.1) is 16.7 Å². The van der Waals surface area contributed by atoms with Crippen LogP contribution in [0.15, 0.2) is 48.5 Å². The SMILES string of the molecule is CC(C)CC(=O)N1CCC(CCCN2CCC3(CC2)C(=O)NCN3c2ccccc2)(c2ccc(Cl)c(Cl)c2)C1. The van der Waals surface area contributed by atoms with E-state index in [1.54, 1.807) is 0 Å². The Balaban J connectivity index is 1.23. The first-order valence-electron chi connectivity index (χ1n) is 14.3. The maximum Gasteiger partial charge on any atom is 0.247 e. The minimum Gasteiger partial charge on any atom is -0.342 e. The number of halogens is 2. The van der Waals surface area contributed by atoms with E-state index < -0.39 is 5.54 Å². The number of benzene rings is 2. The normalized spacial score (nSPS) is 23.2. The van der Waals surface area contributed by atoms with Crippen molar-refractivity contribution in [1.82, 2.24) is 15.1 Å². The lowest BCUT2D eigenvalue weighted by atomic mass is 9.76. The number of para-hydroxylation sites is 1. The molecule has 2 aromatic carbocycles. The first kappa shape index (κ1) is 28.3. The van der Waals surface area contributed by atoms with E-state index in [1.165, 1.54) is 5.56 Å². The maximum absolute atomic E-state index is 13.0. The van der Waals surface area contributed by atoms with Crippen LogP contribution in [0.25, 0.3) is 0 Å². The quantitative estimate of drug-likeness (QED) is 0.441. The highest BCUT2D eigenvalue weighted by molar-refractivity contribution is 6.42. The molecule has 0 aliphatic carbocycles. The summed E-state index contributed by atoms with van der Waals surface area (Å²) in [4.78, 5) is 32.7. The van der Waals surface area contributed by atoms with Crippen LogP contribution < -0.4 is 10.2 Å². The minimum atomic E-state index is -0.456. The Hall–Kier alpha value is -2.28. The van der Waals surface area contributed by atoms with Gasteiger partial charge in [0.25, 0.3) is 0 Å². The van der Waals surface area contributed by atoms with Gasteiger partial charge >= 0.3 is 0 Å². The lowest BCUT2D eigenvalue weighted by Crippen LogP contribution is -2.56. The van der Waals surface area contributed by atoms with E-state index in [0.29, 0.717) is 29.1 Å². The van der Waals surface area contributed by atoms with Crippen LogP contribution in [0.3, 0.4) is 0 Å². The zero-order valence-electron chi connectivity index (χ0n) is 23.1. The summed E-state index contributed by atoms with van der Waals surface area (Å²) in [7, 11) is 0. The molecule has 1 unspecified atom stereocenters. The number of piperidine rings is 1. The minimum absolute atomic E-state index is 0.118. The molecule has 3 heterocycles. The first-order chi connectivity index (χ1) is 18.7. The zero-order valence-corrected chi connectivity index (χ0v) is 24.6. The predicted octanol–water partition coefficient (Wildman–Crippen LogP) is 5.72. The number of hydrogen-bond donors (Lipinski definition) is 1. The van der Waals surface area contributed by atoms with Gasteiger partial charge in [-0.05, 0) is 74.4 Å². The van der Waals surface area contributed by atoms with Crippen LogP contribution in [0.2, 0.25) is 10.0 Å². The molecular weight excluding hydrogens is 531 g/mol. The van der Waals surface area contributed by atoms with Crippen molar-refractivity contribution in [2.24, 2.45) is 5.92 Å². The van der Waals surface area contributed by atoms with Crippen LogP contribution in [0.5, 0.6) is 0 Å². The third kappa shape index (κ3) is 5.79. The summed E-state index contributed by atoms with van der Waals surface area (Å²) in [5, 5.41) is 4.22. The van der Waals surface area contributed by atoms with E-state index >= 15 is 0 Å². The van der Waals surface area contributed by atoms with Crippen LogP contribution in [0.1, 0.15) is 57.9 Å². The fourth-order valence-electron chi connectivity index (χ4n) is 6.79. The molecule has 39 heavy (non-hydrogen) atoms. The molecule has 6 nitrogen and oxygen atoms in total. The molecular formula is C31H40Cl2N4O2. The molecule has 0 bridgehead atoms. The van der Waals surface area contributed by atoms with Crippen molar-refractivity contribution in [2.45, 2.75) is 63.3 Å². The molecule has 3 saturated heterocycles. The van der Waals surface area contributed by atoms with Gasteiger partial charge < -0.3 is 20.0 Å². The van der Waals surface area contributed by atoms with Crippen molar-refractivity contribution in [3.8, 4) is 0 Å². The average molecular weight is 572 g/mol. The Morgan fingerprint density at radius 1 is 1.00 bits per heavy atom. The number of carbonyl (C=O) groups excluding carboxylic acids is 2. The molecule has 2 aromatic rings. The van der Waals surface area contributed by atoms with Crippen LogP contribution in [-0.2, 0) is 15.0 Å². The fraction of sp³-hybridized carbons (Fsp3) is 0.548.